The monoisotopic (exact) mass is 234 g/mol. The second-order valence-electron chi connectivity index (χ2n) is 4.43. The van der Waals surface area contributed by atoms with E-state index >= 15 is 0 Å². The van der Waals surface area contributed by atoms with E-state index in [9.17, 15) is 4.79 Å². The van der Waals surface area contributed by atoms with Gasteiger partial charge in [0.05, 0.1) is 0 Å². The minimum atomic E-state index is -0.677. The average molecular weight is 234 g/mol. The Morgan fingerprint density at radius 3 is 2.82 bits per heavy atom. The lowest BCUT2D eigenvalue weighted by Crippen LogP contribution is -2.28. The van der Waals surface area contributed by atoms with Gasteiger partial charge in [0.2, 0.25) is 0 Å². The van der Waals surface area contributed by atoms with E-state index in [4.69, 9.17) is 10.5 Å². The molecule has 4 nitrogen and oxygen atoms in total. The predicted octanol–water partition coefficient (Wildman–Crippen LogP) is 1.92. The maximum atomic E-state index is 10.7. The van der Waals surface area contributed by atoms with Crippen molar-refractivity contribution < 1.29 is 9.53 Å². The summed E-state index contributed by atoms with van der Waals surface area (Å²) >= 11 is 0. The molecule has 0 radical (unpaired) electrons. The summed E-state index contributed by atoms with van der Waals surface area (Å²) in [6, 6.07) is 10.7. The van der Waals surface area contributed by atoms with Crippen molar-refractivity contribution >= 4 is 6.09 Å². The largest absolute Gasteiger partial charge is 0.445 e. The van der Waals surface area contributed by atoms with Crippen LogP contribution in [0.4, 0.5) is 4.79 Å². The van der Waals surface area contributed by atoms with Crippen LogP contribution in [-0.4, -0.2) is 30.2 Å². The van der Waals surface area contributed by atoms with Crippen molar-refractivity contribution in [1.82, 2.24) is 4.90 Å². The Labute approximate surface area is 101 Å². The second-order valence-corrected chi connectivity index (χ2v) is 4.43. The third-order valence-corrected chi connectivity index (χ3v) is 3.29. The molecular formula is C13H18N2O2. The highest BCUT2D eigenvalue weighted by Crippen LogP contribution is 2.25. The van der Waals surface area contributed by atoms with Gasteiger partial charge >= 0.3 is 6.09 Å². The van der Waals surface area contributed by atoms with Gasteiger partial charge in [-0.2, -0.15) is 0 Å². The lowest BCUT2D eigenvalue weighted by molar-refractivity contribution is 0.105. The van der Waals surface area contributed by atoms with Crippen LogP contribution in [0.2, 0.25) is 0 Å². The molecule has 2 rings (SSSR count). The molecule has 1 aliphatic heterocycles. The number of hydrogen-bond acceptors (Lipinski definition) is 3. The van der Waals surface area contributed by atoms with Crippen LogP contribution in [0, 0.1) is 0 Å². The molecule has 0 aromatic heterocycles. The Hall–Kier alpha value is -1.55. The summed E-state index contributed by atoms with van der Waals surface area (Å²) in [5.41, 5.74) is 6.31. The van der Waals surface area contributed by atoms with Gasteiger partial charge in [-0.25, -0.2) is 4.79 Å². The molecule has 1 amide bonds. The number of carbonyl (C=O) groups is 1. The third kappa shape index (κ3) is 2.97. The summed E-state index contributed by atoms with van der Waals surface area (Å²) in [5.74, 6) is 0. The number of hydrogen-bond donors (Lipinski definition) is 1. The summed E-state index contributed by atoms with van der Waals surface area (Å²) in [7, 11) is 0. The van der Waals surface area contributed by atoms with Crippen LogP contribution >= 0.6 is 0 Å². The number of primary amides is 1. The van der Waals surface area contributed by atoms with E-state index in [1.165, 1.54) is 5.56 Å². The summed E-state index contributed by atoms with van der Waals surface area (Å²) < 4.78 is 5.02. The quantitative estimate of drug-likeness (QED) is 0.869. The Balaban J connectivity index is 1.94. The predicted molar refractivity (Wildman–Crippen MR) is 65.5 cm³/mol. The molecule has 0 saturated carbocycles. The van der Waals surface area contributed by atoms with Gasteiger partial charge in [0.1, 0.15) is 6.10 Å². The molecule has 2 unspecified atom stereocenters. The molecule has 2 N–H and O–H groups in total. The van der Waals surface area contributed by atoms with Gasteiger partial charge in [0.25, 0.3) is 0 Å². The van der Waals surface area contributed by atoms with Crippen LogP contribution in [0.1, 0.15) is 24.9 Å². The van der Waals surface area contributed by atoms with Crippen LogP contribution in [0.5, 0.6) is 0 Å². The number of nitrogens with two attached hydrogens (primary N) is 1. The highest BCUT2D eigenvalue weighted by molar-refractivity contribution is 5.64. The lowest BCUT2D eigenvalue weighted by Gasteiger charge is -2.24. The van der Waals surface area contributed by atoms with Crippen molar-refractivity contribution in [3.63, 3.8) is 0 Å². The Morgan fingerprint density at radius 2 is 2.18 bits per heavy atom. The van der Waals surface area contributed by atoms with E-state index < -0.39 is 6.09 Å². The fourth-order valence-electron chi connectivity index (χ4n) is 2.31. The summed E-state index contributed by atoms with van der Waals surface area (Å²) in [5, 5.41) is 0. The first-order valence-corrected chi connectivity index (χ1v) is 5.92. The van der Waals surface area contributed by atoms with E-state index in [1.54, 1.807) is 0 Å². The molecule has 4 heteroatoms. The highest BCUT2D eigenvalue weighted by Gasteiger charge is 2.28. The minimum absolute atomic E-state index is 0.0568. The summed E-state index contributed by atoms with van der Waals surface area (Å²) in [6.45, 7) is 3.87. The molecular weight excluding hydrogens is 216 g/mol. The Morgan fingerprint density at radius 1 is 1.47 bits per heavy atom. The van der Waals surface area contributed by atoms with Gasteiger partial charge < -0.3 is 10.5 Å². The van der Waals surface area contributed by atoms with Crippen molar-refractivity contribution in [3.05, 3.63) is 35.9 Å². The molecule has 2 atom stereocenters. The van der Waals surface area contributed by atoms with E-state index in [-0.39, 0.29) is 6.10 Å². The molecule has 1 heterocycles. The maximum Gasteiger partial charge on any atom is 0.404 e. The van der Waals surface area contributed by atoms with Crippen molar-refractivity contribution in [2.75, 3.05) is 13.1 Å². The standard InChI is InChI=1S/C13H18N2O2/c1-10(11-5-3-2-4-6-11)15-8-7-12(9-15)17-13(14)16/h2-6,10,12H,7-9H2,1H3,(H2,14,16). The molecule has 1 aliphatic rings. The molecule has 92 valence electrons. The number of nitrogens with zero attached hydrogens (tertiary/aromatic N) is 1. The molecule has 0 aliphatic carbocycles. The number of carbonyl (C=O) groups excluding carboxylic acids is 1. The van der Waals surface area contributed by atoms with Crippen molar-refractivity contribution in [2.45, 2.75) is 25.5 Å². The van der Waals surface area contributed by atoms with Crippen LogP contribution < -0.4 is 5.73 Å². The van der Waals surface area contributed by atoms with Gasteiger partial charge in [-0.05, 0) is 18.9 Å². The van der Waals surface area contributed by atoms with Crippen LogP contribution in [0.15, 0.2) is 30.3 Å². The van der Waals surface area contributed by atoms with Crippen molar-refractivity contribution in [3.8, 4) is 0 Å². The van der Waals surface area contributed by atoms with E-state index in [1.807, 2.05) is 18.2 Å². The van der Waals surface area contributed by atoms with Crippen LogP contribution in [0.25, 0.3) is 0 Å². The SMILES string of the molecule is CC(c1ccccc1)N1CCC(OC(N)=O)C1. The number of amides is 1. The normalized spacial score (nSPS) is 22.3. The Kier molecular flexibility index (Phi) is 3.64. The van der Waals surface area contributed by atoms with Crippen LogP contribution in [-0.2, 0) is 4.74 Å². The first kappa shape index (κ1) is 11.9. The molecule has 0 bridgehead atoms. The molecule has 1 aromatic rings. The van der Waals surface area contributed by atoms with Gasteiger partial charge in [0, 0.05) is 19.1 Å². The molecule has 0 spiro atoms. The lowest BCUT2D eigenvalue weighted by atomic mass is 10.1. The summed E-state index contributed by atoms with van der Waals surface area (Å²) in [4.78, 5) is 13.0. The first-order chi connectivity index (χ1) is 8.16. The number of benzene rings is 1. The first-order valence-electron chi connectivity index (χ1n) is 5.92. The summed E-state index contributed by atoms with van der Waals surface area (Å²) in [6.07, 6.45) is 0.128. The minimum Gasteiger partial charge on any atom is -0.445 e. The zero-order valence-electron chi connectivity index (χ0n) is 10.0. The zero-order chi connectivity index (χ0) is 12.3. The fourth-order valence-corrected chi connectivity index (χ4v) is 2.31. The van der Waals surface area contributed by atoms with Gasteiger partial charge in [0.15, 0.2) is 0 Å². The average Bonchev–Trinajstić information content (AvgIpc) is 2.77. The third-order valence-electron chi connectivity index (χ3n) is 3.29. The topological polar surface area (TPSA) is 55.6 Å². The van der Waals surface area contributed by atoms with Gasteiger partial charge in [-0.15, -0.1) is 0 Å². The smallest absolute Gasteiger partial charge is 0.404 e. The number of rotatable bonds is 3. The van der Waals surface area contributed by atoms with Crippen molar-refractivity contribution in [2.24, 2.45) is 5.73 Å². The number of likely N-dealkylation sites (tertiary alicyclic amines) is 1. The highest BCUT2D eigenvalue weighted by atomic mass is 16.6. The zero-order valence-corrected chi connectivity index (χ0v) is 10.0. The van der Waals surface area contributed by atoms with E-state index in [0.29, 0.717) is 6.04 Å². The second kappa shape index (κ2) is 5.19. The molecule has 17 heavy (non-hydrogen) atoms. The van der Waals surface area contributed by atoms with Crippen LogP contribution in [0.3, 0.4) is 0 Å². The molecule has 1 saturated heterocycles. The molecule has 1 aromatic carbocycles. The number of ether oxygens (including phenoxy) is 1. The van der Waals surface area contributed by atoms with Gasteiger partial charge in [-0.1, -0.05) is 30.3 Å². The molecule has 1 fully saturated rings. The maximum absolute atomic E-state index is 10.7. The van der Waals surface area contributed by atoms with E-state index in [2.05, 4.69) is 24.0 Å². The Bertz CT molecular complexity index is 380. The fraction of sp³-hybridized carbons (Fsp3) is 0.462. The van der Waals surface area contributed by atoms with E-state index in [0.717, 1.165) is 19.5 Å². The van der Waals surface area contributed by atoms with Gasteiger partial charge in [-0.3, -0.25) is 4.90 Å². The van der Waals surface area contributed by atoms with Crippen molar-refractivity contribution in [1.29, 1.82) is 0 Å².